The minimum absolute atomic E-state index is 0.281. The van der Waals surface area contributed by atoms with Gasteiger partial charge in [0.15, 0.2) is 31.0 Å². The zero-order valence-corrected chi connectivity index (χ0v) is 10.3. The Morgan fingerprint density at radius 2 is 2.08 bits per heavy atom. The first-order valence-electron chi connectivity index (χ1n) is 4.16. The van der Waals surface area contributed by atoms with E-state index in [1.807, 2.05) is 20.8 Å². The summed E-state index contributed by atoms with van der Waals surface area (Å²) in [5, 5.41) is 0. The Bertz CT molecular complexity index is 218. The van der Waals surface area contributed by atoms with E-state index >= 15 is 0 Å². The Balaban J connectivity index is 0.000000671. The summed E-state index contributed by atoms with van der Waals surface area (Å²) in [6.07, 6.45) is 0. The van der Waals surface area contributed by atoms with Gasteiger partial charge in [0, 0.05) is 13.1 Å². The van der Waals surface area contributed by atoms with Gasteiger partial charge in [-0.3, -0.25) is 0 Å². The van der Waals surface area contributed by atoms with E-state index in [0.717, 1.165) is 5.57 Å². The van der Waals surface area contributed by atoms with Gasteiger partial charge < -0.3 is 7.88 Å². The van der Waals surface area contributed by atoms with Crippen LogP contribution < -0.4 is 0 Å². The van der Waals surface area contributed by atoms with Crippen molar-refractivity contribution in [3.63, 3.8) is 0 Å². The molecular formula is C8H13BINO2. The highest BCUT2D eigenvalue weighted by Gasteiger charge is 2.21. The van der Waals surface area contributed by atoms with Crippen LogP contribution in [0.25, 0.3) is 0 Å². The highest BCUT2D eigenvalue weighted by molar-refractivity contribution is 14.1. The van der Waals surface area contributed by atoms with Crippen molar-refractivity contribution < 1.29 is 7.86 Å². The molecule has 0 saturated heterocycles. The standard InChI is InChI=1S/C6H7BINO2.C2H6/c1-4-2-9(7)3-5(4)6(10)11-8;1-2/h2-3H2,1H3;1-2H3. The molecule has 0 N–H and O–H groups in total. The van der Waals surface area contributed by atoms with E-state index in [-0.39, 0.29) is 5.97 Å². The molecule has 0 unspecified atom stereocenters. The first-order chi connectivity index (χ1) is 6.15. The Kier molecular flexibility index (Phi) is 6.41. The van der Waals surface area contributed by atoms with Crippen molar-refractivity contribution in [2.45, 2.75) is 20.8 Å². The number of carbonyl (C=O) groups is 1. The van der Waals surface area contributed by atoms with Crippen LogP contribution in [0.2, 0.25) is 0 Å². The first kappa shape index (κ1) is 13.0. The van der Waals surface area contributed by atoms with Crippen LogP contribution in [-0.4, -0.2) is 31.9 Å². The molecular weight excluding hydrogens is 280 g/mol. The van der Waals surface area contributed by atoms with E-state index in [2.05, 4.69) is 3.07 Å². The third-order valence-corrected chi connectivity index (χ3v) is 2.03. The SMILES string of the molecule is CC.[B]N1CC(C)=C(C(=O)OI)C1. The Morgan fingerprint density at radius 3 is 2.38 bits per heavy atom. The molecule has 1 aliphatic rings. The van der Waals surface area contributed by atoms with Gasteiger partial charge in [-0.25, -0.2) is 4.79 Å². The fourth-order valence-electron chi connectivity index (χ4n) is 1.08. The van der Waals surface area contributed by atoms with E-state index in [9.17, 15) is 4.79 Å². The van der Waals surface area contributed by atoms with Gasteiger partial charge in [0.1, 0.15) is 0 Å². The molecule has 0 saturated carbocycles. The molecule has 0 bridgehead atoms. The van der Waals surface area contributed by atoms with Crippen molar-refractivity contribution in [3.8, 4) is 0 Å². The molecule has 5 heteroatoms. The number of rotatable bonds is 1. The molecule has 72 valence electrons. The third kappa shape index (κ3) is 3.68. The highest BCUT2D eigenvalue weighted by atomic mass is 127. The molecule has 0 spiro atoms. The second-order valence-electron chi connectivity index (χ2n) is 2.53. The number of hydrogen-bond acceptors (Lipinski definition) is 3. The van der Waals surface area contributed by atoms with Crippen molar-refractivity contribution in [3.05, 3.63) is 11.1 Å². The molecule has 0 atom stereocenters. The number of nitrogens with zero attached hydrogens (tertiary/aromatic N) is 1. The molecule has 0 aliphatic carbocycles. The molecule has 1 heterocycles. The lowest BCUT2D eigenvalue weighted by Gasteiger charge is -2.05. The monoisotopic (exact) mass is 293 g/mol. The summed E-state index contributed by atoms with van der Waals surface area (Å²) in [6.45, 7) is 7.03. The Hall–Kier alpha value is -0.0351. The van der Waals surface area contributed by atoms with Crippen LogP contribution in [-0.2, 0) is 7.86 Å². The summed E-state index contributed by atoms with van der Waals surface area (Å²) < 4.78 is 4.54. The van der Waals surface area contributed by atoms with Crippen LogP contribution in [0.4, 0.5) is 0 Å². The van der Waals surface area contributed by atoms with Gasteiger partial charge in [-0.15, -0.1) is 0 Å². The number of carbonyl (C=O) groups excluding carboxylic acids is 1. The zero-order valence-electron chi connectivity index (χ0n) is 8.13. The van der Waals surface area contributed by atoms with Gasteiger partial charge in [0.25, 0.3) is 0 Å². The van der Waals surface area contributed by atoms with Crippen molar-refractivity contribution >= 4 is 37.0 Å². The first-order valence-corrected chi connectivity index (χ1v) is 5.04. The Morgan fingerprint density at radius 1 is 1.54 bits per heavy atom. The molecule has 0 aromatic rings. The molecule has 1 rings (SSSR count). The van der Waals surface area contributed by atoms with Crippen LogP contribution in [0.1, 0.15) is 20.8 Å². The average Bonchev–Trinajstić information content (AvgIpc) is 2.47. The average molecular weight is 293 g/mol. The Labute approximate surface area is 94.6 Å². The molecule has 0 aromatic heterocycles. The predicted molar refractivity (Wildman–Crippen MR) is 61.5 cm³/mol. The van der Waals surface area contributed by atoms with Gasteiger partial charge in [-0.05, 0) is 12.5 Å². The second kappa shape index (κ2) is 6.42. The minimum atomic E-state index is -0.281. The lowest BCUT2D eigenvalue weighted by Crippen LogP contribution is -2.18. The summed E-state index contributed by atoms with van der Waals surface area (Å²) in [7, 11) is 5.49. The highest BCUT2D eigenvalue weighted by Crippen LogP contribution is 2.16. The molecule has 0 aromatic carbocycles. The second-order valence-corrected chi connectivity index (χ2v) is 2.97. The quantitative estimate of drug-likeness (QED) is 0.543. The van der Waals surface area contributed by atoms with Crippen molar-refractivity contribution in [1.82, 2.24) is 4.81 Å². The predicted octanol–water partition coefficient (Wildman–Crippen LogP) is 1.62. The topological polar surface area (TPSA) is 29.5 Å². The maximum Gasteiger partial charge on any atom is 0.344 e. The molecule has 2 radical (unpaired) electrons. The lowest BCUT2D eigenvalue weighted by molar-refractivity contribution is -0.127. The summed E-state index contributed by atoms with van der Waals surface area (Å²) in [5.74, 6) is -0.281. The molecule has 13 heavy (non-hydrogen) atoms. The van der Waals surface area contributed by atoms with Crippen LogP contribution in [0, 0.1) is 0 Å². The number of halogens is 1. The summed E-state index contributed by atoms with van der Waals surface area (Å²) in [6, 6.07) is 0. The van der Waals surface area contributed by atoms with Gasteiger partial charge in [-0.1, -0.05) is 13.8 Å². The van der Waals surface area contributed by atoms with E-state index < -0.39 is 0 Å². The lowest BCUT2D eigenvalue weighted by atomic mass is 10.2. The van der Waals surface area contributed by atoms with Crippen molar-refractivity contribution in [2.24, 2.45) is 0 Å². The fraction of sp³-hybridized carbons (Fsp3) is 0.625. The van der Waals surface area contributed by atoms with Crippen LogP contribution in [0.5, 0.6) is 0 Å². The van der Waals surface area contributed by atoms with Gasteiger partial charge in [0.05, 0.1) is 5.57 Å². The van der Waals surface area contributed by atoms with Gasteiger partial charge in [0.2, 0.25) is 0 Å². The summed E-state index contributed by atoms with van der Waals surface area (Å²) in [5.41, 5.74) is 1.68. The van der Waals surface area contributed by atoms with Crippen LogP contribution >= 0.6 is 23.0 Å². The maximum atomic E-state index is 11.0. The smallest absolute Gasteiger partial charge is 0.344 e. The van der Waals surface area contributed by atoms with E-state index in [4.69, 9.17) is 7.98 Å². The fourth-order valence-corrected chi connectivity index (χ4v) is 1.35. The molecule has 0 fully saturated rings. The molecule has 1 aliphatic heterocycles. The largest absolute Gasteiger partial charge is 0.391 e. The molecule has 0 amide bonds. The van der Waals surface area contributed by atoms with Crippen molar-refractivity contribution in [1.29, 1.82) is 0 Å². The van der Waals surface area contributed by atoms with Crippen molar-refractivity contribution in [2.75, 3.05) is 13.1 Å². The molecule has 3 nitrogen and oxygen atoms in total. The summed E-state index contributed by atoms with van der Waals surface area (Å²) in [4.78, 5) is 12.6. The minimum Gasteiger partial charge on any atom is -0.391 e. The van der Waals surface area contributed by atoms with E-state index in [1.54, 1.807) is 27.8 Å². The van der Waals surface area contributed by atoms with E-state index in [0.29, 0.717) is 18.7 Å². The van der Waals surface area contributed by atoms with E-state index in [1.165, 1.54) is 0 Å². The third-order valence-electron chi connectivity index (χ3n) is 1.63. The normalized spacial score (nSPS) is 16.6. The summed E-state index contributed by atoms with van der Waals surface area (Å²) >= 11 is 1.58. The van der Waals surface area contributed by atoms with Gasteiger partial charge in [-0.2, -0.15) is 0 Å². The van der Waals surface area contributed by atoms with Crippen LogP contribution in [0.15, 0.2) is 11.1 Å². The maximum absolute atomic E-state index is 11.0. The van der Waals surface area contributed by atoms with Gasteiger partial charge >= 0.3 is 5.97 Å². The number of hydrogen-bond donors (Lipinski definition) is 0. The van der Waals surface area contributed by atoms with Crippen LogP contribution in [0.3, 0.4) is 0 Å². The zero-order chi connectivity index (χ0) is 10.4.